The van der Waals surface area contributed by atoms with E-state index in [0.29, 0.717) is 16.2 Å². The highest BCUT2D eigenvalue weighted by Crippen LogP contribution is 2.21. The van der Waals surface area contributed by atoms with Gasteiger partial charge in [0.05, 0.1) is 11.6 Å². The van der Waals surface area contributed by atoms with Gasteiger partial charge in [0.25, 0.3) is 0 Å². The maximum absolute atomic E-state index is 13.1. The van der Waals surface area contributed by atoms with Gasteiger partial charge in [-0.15, -0.1) is 0 Å². The number of rotatable bonds is 2. The Labute approximate surface area is 81.5 Å². The van der Waals surface area contributed by atoms with E-state index in [4.69, 9.17) is 16.7 Å². The molecule has 0 spiro atoms. The van der Waals surface area contributed by atoms with Gasteiger partial charge in [0.2, 0.25) is 0 Å². The highest BCUT2D eigenvalue weighted by atomic mass is 35.5. The van der Waals surface area contributed by atoms with E-state index in [1.165, 1.54) is 12.1 Å². The van der Waals surface area contributed by atoms with E-state index in [1.54, 1.807) is 19.1 Å². The smallest absolute Gasteiger partial charge is 0.131 e. The summed E-state index contributed by atoms with van der Waals surface area (Å²) >= 11 is 5.76. The third-order valence-electron chi connectivity index (χ3n) is 1.64. The van der Waals surface area contributed by atoms with Crippen LogP contribution in [0.5, 0.6) is 0 Å². The summed E-state index contributed by atoms with van der Waals surface area (Å²) < 4.78 is 13.1. The Balaban J connectivity index is 3.14. The molecule has 0 fully saturated rings. The van der Waals surface area contributed by atoms with Crippen molar-refractivity contribution in [3.05, 3.63) is 40.2 Å². The molecule has 13 heavy (non-hydrogen) atoms. The summed E-state index contributed by atoms with van der Waals surface area (Å²) in [5.41, 5.74) is 1.00. The van der Waals surface area contributed by atoms with Gasteiger partial charge in [-0.1, -0.05) is 17.7 Å². The van der Waals surface area contributed by atoms with Crippen LogP contribution in [-0.4, -0.2) is 11.7 Å². The molecule has 0 aliphatic heterocycles. The lowest BCUT2D eigenvalue weighted by Gasteiger charge is -2.01. The van der Waals surface area contributed by atoms with Crippen molar-refractivity contribution >= 4 is 17.7 Å². The summed E-state index contributed by atoms with van der Waals surface area (Å²) in [5.74, 6) is -0.375. The molecule has 0 aliphatic rings. The fourth-order valence-corrected chi connectivity index (χ4v) is 1.16. The van der Waals surface area contributed by atoms with Crippen LogP contribution in [0.1, 0.15) is 12.5 Å². The van der Waals surface area contributed by atoms with Gasteiger partial charge < -0.3 is 5.11 Å². The van der Waals surface area contributed by atoms with E-state index < -0.39 is 0 Å². The molecule has 3 heteroatoms. The molecule has 1 aromatic rings. The van der Waals surface area contributed by atoms with Gasteiger partial charge in [0.1, 0.15) is 5.82 Å². The van der Waals surface area contributed by atoms with E-state index in [1.807, 2.05) is 0 Å². The first-order valence-corrected chi connectivity index (χ1v) is 4.25. The second kappa shape index (κ2) is 4.40. The minimum atomic E-state index is -0.375. The van der Waals surface area contributed by atoms with Gasteiger partial charge in [-0.05, 0) is 30.7 Å². The average Bonchev–Trinajstić information content (AvgIpc) is 2.11. The van der Waals surface area contributed by atoms with Crippen molar-refractivity contribution in [2.75, 3.05) is 6.61 Å². The van der Waals surface area contributed by atoms with Crippen LogP contribution < -0.4 is 0 Å². The predicted molar refractivity (Wildman–Crippen MR) is 52.1 cm³/mol. The molecule has 0 radical (unpaired) electrons. The Kier molecular flexibility index (Phi) is 3.46. The zero-order chi connectivity index (χ0) is 9.84. The summed E-state index contributed by atoms with van der Waals surface area (Å²) in [5, 5.41) is 9.10. The van der Waals surface area contributed by atoms with Gasteiger partial charge in [-0.2, -0.15) is 0 Å². The Morgan fingerprint density at radius 2 is 2.31 bits per heavy atom. The summed E-state index contributed by atoms with van der Waals surface area (Å²) in [6, 6.07) is 4.49. The lowest BCUT2D eigenvalue weighted by molar-refractivity contribution is 0.332. The molecule has 0 aliphatic carbocycles. The zero-order valence-electron chi connectivity index (χ0n) is 7.22. The van der Waals surface area contributed by atoms with Crippen LogP contribution in [0.15, 0.2) is 23.8 Å². The number of hydrogen-bond acceptors (Lipinski definition) is 1. The summed E-state index contributed by atoms with van der Waals surface area (Å²) in [7, 11) is 0. The van der Waals surface area contributed by atoms with Crippen molar-refractivity contribution in [3.63, 3.8) is 0 Å². The molecule has 0 heterocycles. The number of hydrogen-bond donors (Lipinski definition) is 1. The van der Waals surface area contributed by atoms with Gasteiger partial charge in [0.15, 0.2) is 0 Å². The van der Waals surface area contributed by atoms with Crippen molar-refractivity contribution < 1.29 is 9.50 Å². The molecule has 1 nitrogen and oxygen atoms in total. The summed E-state index contributed by atoms with van der Waals surface area (Å²) in [6.45, 7) is 1.62. The number of halogens is 2. The molecular formula is C10H10ClFO. The second-order valence-corrected chi connectivity index (χ2v) is 3.19. The van der Waals surface area contributed by atoms with E-state index in [9.17, 15) is 4.39 Å². The molecule has 0 saturated carbocycles. The second-order valence-electron chi connectivity index (χ2n) is 2.78. The Morgan fingerprint density at radius 1 is 1.62 bits per heavy atom. The van der Waals surface area contributed by atoms with E-state index in [-0.39, 0.29) is 12.4 Å². The number of aliphatic hydroxyl groups is 1. The lowest BCUT2D eigenvalue weighted by Crippen LogP contribution is -1.88. The SMILES string of the molecule is CC(=Cc1c(F)cccc1Cl)CO. The third kappa shape index (κ3) is 2.54. The lowest BCUT2D eigenvalue weighted by atomic mass is 10.1. The first-order valence-electron chi connectivity index (χ1n) is 3.87. The Hall–Kier alpha value is -0.860. The molecule has 1 aromatic carbocycles. The normalized spacial score (nSPS) is 11.8. The van der Waals surface area contributed by atoms with Gasteiger partial charge in [-0.3, -0.25) is 0 Å². The van der Waals surface area contributed by atoms with Gasteiger partial charge in [-0.25, -0.2) is 4.39 Å². The maximum atomic E-state index is 13.1. The number of benzene rings is 1. The highest BCUT2D eigenvalue weighted by Gasteiger charge is 2.03. The average molecular weight is 201 g/mol. The number of aliphatic hydroxyl groups excluding tert-OH is 1. The van der Waals surface area contributed by atoms with Crippen LogP contribution in [0.4, 0.5) is 4.39 Å². The predicted octanol–water partition coefficient (Wildman–Crippen LogP) is 2.87. The van der Waals surface area contributed by atoms with Crippen molar-refractivity contribution in [1.82, 2.24) is 0 Å². The van der Waals surface area contributed by atoms with Crippen molar-refractivity contribution in [3.8, 4) is 0 Å². The zero-order valence-corrected chi connectivity index (χ0v) is 7.98. The van der Waals surface area contributed by atoms with Crippen LogP contribution in [0, 0.1) is 5.82 Å². The molecule has 0 atom stereocenters. The third-order valence-corrected chi connectivity index (χ3v) is 1.97. The highest BCUT2D eigenvalue weighted by molar-refractivity contribution is 6.32. The Bertz CT molecular complexity index is 313. The summed E-state index contributed by atoms with van der Waals surface area (Å²) in [4.78, 5) is 0. The van der Waals surface area contributed by atoms with Gasteiger partial charge in [0, 0.05) is 5.56 Å². The Morgan fingerprint density at radius 3 is 2.85 bits per heavy atom. The summed E-state index contributed by atoms with van der Waals surface area (Å²) in [6.07, 6.45) is 1.54. The fourth-order valence-electron chi connectivity index (χ4n) is 0.941. The molecule has 1 rings (SSSR count). The van der Waals surface area contributed by atoms with Crippen LogP contribution >= 0.6 is 11.6 Å². The molecular weight excluding hydrogens is 191 g/mol. The molecule has 0 bridgehead atoms. The molecule has 0 aromatic heterocycles. The van der Waals surface area contributed by atoms with E-state index in [0.717, 1.165) is 0 Å². The topological polar surface area (TPSA) is 20.2 Å². The molecule has 0 unspecified atom stereocenters. The van der Waals surface area contributed by atoms with E-state index >= 15 is 0 Å². The molecule has 0 saturated heterocycles. The van der Waals surface area contributed by atoms with Crippen LogP contribution in [-0.2, 0) is 0 Å². The van der Waals surface area contributed by atoms with Crippen molar-refractivity contribution in [2.24, 2.45) is 0 Å². The standard InChI is InChI=1S/C10H10ClFO/c1-7(6-13)5-8-9(11)3-2-4-10(8)12/h2-5,13H,6H2,1H3. The minimum Gasteiger partial charge on any atom is -0.392 e. The quantitative estimate of drug-likeness (QED) is 0.779. The van der Waals surface area contributed by atoms with Crippen LogP contribution in [0.3, 0.4) is 0 Å². The monoisotopic (exact) mass is 200 g/mol. The van der Waals surface area contributed by atoms with Crippen molar-refractivity contribution in [2.45, 2.75) is 6.92 Å². The van der Waals surface area contributed by atoms with Crippen LogP contribution in [0.25, 0.3) is 6.08 Å². The maximum Gasteiger partial charge on any atom is 0.131 e. The fraction of sp³-hybridized carbons (Fsp3) is 0.200. The first kappa shape index (κ1) is 10.2. The van der Waals surface area contributed by atoms with E-state index in [2.05, 4.69) is 0 Å². The van der Waals surface area contributed by atoms with Crippen LogP contribution in [0.2, 0.25) is 5.02 Å². The molecule has 0 amide bonds. The van der Waals surface area contributed by atoms with Crippen molar-refractivity contribution in [1.29, 1.82) is 0 Å². The first-order chi connectivity index (χ1) is 6.15. The van der Waals surface area contributed by atoms with Gasteiger partial charge >= 0.3 is 0 Å². The minimum absolute atomic E-state index is 0.0926. The molecule has 70 valence electrons. The largest absolute Gasteiger partial charge is 0.392 e. The molecule has 1 N–H and O–H groups in total.